The van der Waals surface area contributed by atoms with Gasteiger partial charge in [-0.05, 0) is 56.6 Å². The topological polar surface area (TPSA) is 204 Å². The Morgan fingerprint density at radius 3 is 2.22 bits per heavy atom. The van der Waals surface area contributed by atoms with Crippen LogP contribution in [-0.2, 0) is 14.2 Å². The van der Waals surface area contributed by atoms with Crippen LogP contribution in [0.5, 0.6) is 0 Å². The average Bonchev–Trinajstić information content (AvgIpc) is 2.89. The van der Waals surface area contributed by atoms with Crippen LogP contribution < -0.4 is 59.1 Å². The van der Waals surface area contributed by atoms with Gasteiger partial charge in [0, 0.05) is 16.7 Å². The van der Waals surface area contributed by atoms with Crippen molar-refractivity contribution in [3.05, 3.63) is 23.8 Å². The number of fused-ring (bicyclic) bond motifs is 5. The summed E-state index contributed by atoms with van der Waals surface area (Å²) < 4.78 is 25.7. The molecule has 0 bridgehead atoms. The molecule has 0 unspecified atom stereocenters. The van der Waals surface area contributed by atoms with Gasteiger partial charge in [-0.25, -0.2) is 8.96 Å². The Bertz CT molecular complexity index is 982. The van der Waals surface area contributed by atoms with Crippen LogP contribution in [0.4, 0.5) is 4.39 Å². The van der Waals surface area contributed by atoms with E-state index >= 15 is 4.39 Å². The van der Waals surface area contributed by atoms with Gasteiger partial charge in [-0.3, -0.25) is 9.59 Å². The predicted molar refractivity (Wildman–Crippen MR) is 127 cm³/mol. The zero-order valence-corrected chi connectivity index (χ0v) is 27.4. The summed E-state index contributed by atoms with van der Waals surface area (Å²) in [4.78, 5) is 45.9. The zero-order valence-electron chi connectivity index (χ0n) is 23.7. The van der Waals surface area contributed by atoms with Crippen molar-refractivity contribution in [1.29, 1.82) is 0 Å². The maximum absolute atomic E-state index is 16.9. The molecule has 206 valence electrons. The van der Waals surface area contributed by atoms with E-state index in [1.54, 1.807) is 26.8 Å². The maximum Gasteiger partial charge on any atom is 1.00 e. The molecule has 0 radical (unpaired) electrons. The Morgan fingerprint density at radius 2 is 1.73 bits per heavy atom. The third kappa shape index (κ3) is 6.27. The molecule has 0 aromatic rings. The fourth-order valence-electron chi connectivity index (χ4n) is 7.26. The summed E-state index contributed by atoms with van der Waals surface area (Å²) in [7, 11) is -4.64. The van der Waals surface area contributed by atoms with Crippen LogP contribution >= 0.6 is 20.2 Å². The molecule has 10 nitrogen and oxygen atoms in total. The summed E-state index contributed by atoms with van der Waals surface area (Å²) in [5.41, 5.74) is -5.17. The van der Waals surface area contributed by atoms with E-state index in [4.69, 9.17) is 19.2 Å². The number of aliphatic hydroxyl groups is 3. The number of hydrogen-bond donors (Lipinski definition) is 6. The third-order valence-corrected chi connectivity index (χ3v) is 8.79. The normalized spacial score (nSPS) is 41.4. The average molecular weight is 593 g/mol. The van der Waals surface area contributed by atoms with Crippen molar-refractivity contribution in [3.63, 3.8) is 0 Å². The summed E-state index contributed by atoms with van der Waals surface area (Å²) in [6.07, 6.45) is 4.44. The molecule has 0 heterocycles. The van der Waals surface area contributed by atoms with E-state index in [9.17, 15) is 24.9 Å². The smallest absolute Gasteiger partial charge is 1.00 e. The molecule has 4 aliphatic rings. The first-order valence-electron chi connectivity index (χ1n) is 10.9. The zero-order chi connectivity index (χ0) is 25.2. The number of ketones is 2. The Hall–Kier alpha value is 0.990. The molecule has 8 atom stereocenters. The first kappa shape index (κ1) is 40.1. The van der Waals surface area contributed by atoms with Crippen molar-refractivity contribution in [1.82, 2.24) is 0 Å². The van der Waals surface area contributed by atoms with Gasteiger partial charge in [0.1, 0.15) is 12.2 Å². The molecule has 3 fully saturated rings. The molecular weight excluding hydrogens is 556 g/mol. The molecule has 37 heavy (non-hydrogen) atoms. The Morgan fingerprint density at radius 1 is 1.22 bits per heavy atom. The second-order valence-corrected chi connectivity index (χ2v) is 11.3. The molecule has 0 aliphatic heterocycles. The van der Waals surface area contributed by atoms with Crippen LogP contribution in [0, 0.1) is 28.6 Å². The van der Waals surface area contributed by atoms with E-state index < -0.39 is 60.3 Å². The molecule has 15 heteroatoms. The minimum Gasteiger partial charge on any atom is -1.00 e. The number of rotatable bonds is 2. The van der Waals surface area contributed by atoms with Crippen molar-refractivity contribution in [2.45, 2.75) is 63.8 Å². The maximum atomic E-state index is 16.9. The van der Waals surface area contributed by atoms with Gasteiger partial charge in [0.05, 0.1) is 6.10 Å². The SMILES string of the molecule is C[C@@H]1C[C@H]2[C@@H]3CCC4=CC(=O)C=C[C@]4(C)[C@@]3(F)[C@@H](O)C[C@]2(C)[C@@]1(O)C(=O)CO.Cl.O.O=P(O)(O)O.[H-].[H-].[Na+].[Na+]. The molecule has 0 spiro atoms. The summed E-state index contributed by atoms with van der Waals surface area (Å²) in [5.74, 6) is -2.12. The molecule has 4 rings (SSSR count). The molecule has 0 saturated heterocycles. The molecule has 0 aromatic carbocycles. The number of halogens is 2. The molecule has 4 aliphatic carbocycles. The molecular formula is C22H37ClFNa2O10P. The quantitative estimate of drug-likeness (QED) is 0.134. The number of phosphoric acid groups is 1. The van der Waals surface area contributed by atoms with E-state index in [-0.39, 0.29) is 98.0 Å². The Balaban J connectivity index is -0.000000514. The van der Waals surface area contributed by atoms with Crippen LogP contribution in [0.3, 0.4) is 0 Å². The van der Waals surface area contributed by atoms with Gasteiger partial charge in [0.2, 0.25) is 0 Å². The predicted octanol–water partition coefficient (Wildman–Crippen LogP) is -5.20. The van der Waals surface area contributed by atoms with Crippen LogP contribution in [-0.4, -0.2) is 71.0 Å². The largest absolute Gasteiger partial charge is 1.00 e. The Kier molecular flexibility index (Phi) is 14.4. The Labute approximate surface area is 268 Å². The number of allylic oxidation sites excluding steroid dienone is 4. The van der Waals surface area contributed by atoms with Gasteiger partial charge in [-0.15, -0.1) is 12.4 Å². The minimum atomic E-state index is -4.64. The van der Waals surface area contributed by atoms with Gasteiger partial charge in [0.15, 0.2) is 17.2 Å². The standard InChI is InChI=1S/C22H29FO5.ClH.2Na.H3O4P.H2O.2H/c1-12-8-16-15-5-4-13-9-14(25)6-7-19(13,2)21(15,23)17(26)10-20(16,3)22(12,28)18(27)11-24;;;;1-5(2,3)4;;;/h6-7,9,12,15-17,24,26,28H,4-5,8,10-11H2,1-3H3;1H;;;(H3,1,2,3,4);1H2;;/q;;2*+1;;;2*-1/t12-,15+,16+,17+,19+,20+,21+,22+;;;;;;;/m1......./s1. The number of carbonyl (C=O) groups excluding carboxylic acids is 2. The second kappa shape index (κ2) is 13.3. The monoisotopic (exact) mass is 592 g/mol. The summed E-state index contributed by atoms with van der Waals surface area (Å²) in [6.45, 7) is 4.48. The van der Waals surface area contributed by atoms with Crippen molar-refractivity contribution < 1.29 is 116 Å². The van der Waals surface area contributed by atoms with Crippen LogP contribution in [0.15, 0.2) is 23.8 Å². The fraction of sp³-hybridized carbons (Fsp3) is 0.727. The molecule has 0 aromatic heterocycles. The van der Waals surface area contributed by atoms with Gasteiger partial charge in [-0.1, -0.05) is 25.5 Å². The summed E-state index contributed by atoms with van der Waals surface area (Å²) in [5, 5.41) is 32.0. The van der Waals surface area contributed by atoms with E-state index in [1.807, 2.05) is 0 Å². The van der Waals surface area contributed by atoms with Crippen molar-refractivity contribution in [3.8, 4) is 0 Å². The summed E-state index contributed by atoms with van der Waals surface area (Å²) >= 11 is 0. The van der Waals surface area contributed by atoms with Crippen LogP contribution in [0.1, 0.15) is 49.3 Å². The first-order valence-corrected chi connectivity index (χ1v) is 12.5. The van der Waals surface area contributed by atoms with Crippen molar-refractivity contribution in [2.24, 2.45) is 28.6 Å². The van der Waals surface area contributed by atoms with Gasteiger partial charge in [-0.2, -0.15) is 0 Å². The van der Waals surface area contributed by atoms with Gasteiger partial charge in [0.25, 0.3) is 0 Å². The number of carbonyl (C=O) groups is 2. The van der Waals surface area contributed by atoms with E-state index in [1.165, 1.54) is 12.2 Å². The molecule has 0 amide bonds. The van der Waals surface area contributed by atoms with Crippen molar-refractivity contribution in [2.75, 3.05) is 6.61 Å². The first-order chi connectivity index (χ1) is 15.0. The van der Waals surface area contributed by atoms with Crippen molar-refractivity contribution >= 4 is 31.8 Å². The third-order valence-electron chi connectivity index (χ3n) is 8.79. The van der Waals surface area contributed by atoms with Crippen LogP contribution in [0.25, 0.3) is 0 Å². The fourth-order valence-corrected chi connectivity index (χ4v) is 7.26. The second-order valence-electron chi connectivity index (χ2n) is 10.3. The van der Waals surface area contributed by atoms with Crippen LogP contribution in [0.2, 0.25) is 0 Å². The van der Waals surface area contributed by atoms with E-state index in [0.717, 1.165) is 0 Å². The number of hydrogen-bond acceptors (Lipinski definition) is 6. The van der Waals surface area contributed by atoms with Gasteiger partial charge >= 0.3 is 66.9 Å². The summed E-state index contributed by atoms with van der Waals surface area (Å²) in [6, 6.07) is 0. The minimum absolute atomic E-state index is 0. The molecule has 8 N–H and O–H groups in total. The van der Waals surface area contributed by atoms with E-state index in [0.29, 0.717) is 24.8 Å². The number of aliphatic hydroxyl groups excluding tert-OH is 2. The number of Topliss-reactive ketones (excluding diaryl/α,β-unsaturated/α-hetero) is 1. The molecule has 3 saturated carbocycles. The van der Waals surface area contributed by atoms with Gasteiger partial charge < -0.3 is 38.3 Å². The number of alkyl halides is 1. The van der Waals surface area contributed by atoms with E-state index in [2.05, 4.69) is 0 Å².